The molecule has 0 fully saturated rings. The molecule has 1 N–H and O–H groups in total. The lowest BCUT2D eigenvalue weighted by molar-refractivity contribution is -0.144. The van der Waals surface area contributed by atoms with E-state index in [0.29, 0.717) is 6.54 Å². The van der Waals surface area contributed by atoms with Gasteiger partial charge in [0.1, 0.15) is 13.1 Å². The molecule has 1 aromatic heterocycles. The number of rotatable bonds is 6. The van der Waals surface area contributed by atoms with Crippen molar-refractivity contribution < 1.29 is 14.7 Å². The summed E-state index contributed by atoms with van der Waals surface area (Å²) in [5.74, 6) is -1.23. The van der Waals surface area contributed by atoms with Gasteiger partial charge in [-0.1, -0.05) is 6.92 Å². The maximum absolute atomic E-state index is 11.7. The third-order valence-corrected chi connectivity index (χ3v) is 2.03. The van der Waals surface area contributed by atoms with E-state index in [-0.39, 0.29) is 19.0 Å². The average molecular weight is 225 g/mol. The van der Waals surface area contributed by atoms with Crippen LogP contribution >= 0.6 is 0 Å². The van der Waals surface area contributed by atoms with Crippen molar-refractivity contribution in [2.24, 2.45) is 0 Å². The van der Waals surface area contributed by atoms with Crippen LogP contribution in [0.25, 0.3) is 0 Å². The minimum atomic E-state index is -0.998. The Hall–Kier alpha value is -1.85. The summed E-state index contributed by atoms with van der Waals surface area (Å²) in [5, 5.41) is 12.6. The fraction of sp³-hybridized carbons (Fsp3) is 0.500. The van der Waals surface area contributed by atoms with Crippen LogP contribution in [0.2, 0.25) is 0 Å². The van der Waals surface area contributed by atoms with Crippen LogP contribution in [0.3, 0.4) is 0 Å². The monoisotopic (exact) mass is 225 g/mol. The Bertz CT molecular complexity index is 348. The Morgan fingerprint density at radius 2 is 2.25 bits per heavy atom. The summed E-state index contributed by atoms with van der Waals surface area (Å²) in [7, 11) is 0. The lowest BCUT2D eigenvalue weighted by Gasteiger charge is -2.19. The Morgan fingerprint density at radius 1 is 1.50 bits per heavy atom. The first-order valence-electron chi connectivity index (χ1n) is 5.10. The van der Waals surface area contributed by atoms with E-state index in [1.54, 1.807) is 18.5 Å². The van der Waals surface area contributed by atoms with Crippen molar-refractivity contribution in [1.29, 1.82) is 0 Å². The van der Waals surface area contributed by atoms with Crippen LogP contribution in [-0.2, 0) is 16.1 Å². The van der Waals surface area contributed by atoms with E-state index >= 15 is 0 Å². The molecule has 0 unspecified atom stereocenters. The number of hydrogen-bond donors (Lipinski definition) is 1. The summed E-state index contributed by atoms with van der Waals surface area (Å²) in [6, 6.07) is 1.72. The van der Waals surface area contributed by atoms with Gasteiger partial charge in [-0.25, -0.2) is 0 Å². The molecule has 6 heteroatoms. The van der Waals surface area contributed by atoms with E-state index in [9.17, 15) is 9.59 Å². The van der Waals surface area contributed by atoms with Gasteiger partial charge in [0.05, 0.1) is 0 Å². The number of carbonyl (C=O) groups is 2. The van der Waals surface area contributed by atoms with Crippen LogP contribution in [0.4, 0.5) is 0 Å². The third kappa shape index (κ3) is 3.72. The van der Waals surface area contributed by atoms with Crippen LogP contribution in [0.1, 0.15) is 13.3 Å². The van der Waals surface area contributed by atoms with Crippen molar-refractivity contribution in [2.75, 3.05) is 13.1 Å². The molecule has 0 atom stereocenters. The smallest absolute Gasteiger partial charge is 0.323 e. The van der Waals surface area contributed by atoms with Gasteiger partial charge >= 0.3 is 5.97 Å². The predicted molar refractivity (Wildman–Crippen MR) is 56.7 cm³/mol. The molecule has 1 rings (SSSR count). The number of nitrogens with zero attached hydrogens (tertiary/aromatic N) is 3. The largest absolute Gasteiger partial charge is 0.480 e. The van der Waals surface area contributed by atoms with Crippen molar-refractivity contribution in [3.63, 3.8) is 0 Å². The number of amides is 1. The second-order valence-corrected chi connectivity index (χ2v) is 3.41. The minimum Gasteiger partial charge on any atom is -0.480 e. The molecule has 0 aliphatic heterocycles. The van der Waals surface area contributed by atoms with Crippen LogP contribution in [0.5, 0.6) is 0 Å². The Kier molecular flexibility index (Phi) is 4.50. The van der Waals surface area contributed by atoms with Crippen molar-refractivity contribution in [3.05, 3.63) is 18.5 Å². The van der Waals surface area contributed by atoms with Crippen LogP contribution in [-0.4, -0.2) is 44.8 Å². The van der Waals surface area contributed by atoms with Crippen molar-refractivity contribution in [2.45, 2.75) is 19.9 Å². The molecule has 6 nitrogen and oxygen atoms in total. The quantitative estimate of drug-likeness (QED) is 0.750. The van der Waals surface area contributed by atoms with Crippen LogP contribution < -0.4 is 0 Å². The van der Waals surface area contributed by atoms with E-state index < -0.39 is 5.97 Å². The second-order valence-electron chi connectivity index (χ2n) is 3.41. The number of aromatic nitrogens is 2. The first-order valence-corrected chi connectivity index (χ1v) is 5.10. The van der Waals surface area contributed by atoms with Crippen molar-refractivity contribution >= 4 is 11.9 Å². The lowest BCUT2D eigenvalue weighted by Crippen LogP contribution is -2.38. The topological polar surface area (TPSA) is 75.4 Å². The van der Waals surface area contributed by atoms with Crippen LogP contribution in [0, 0.1) is 0 Å². The Morgan fingerprint density at radius 3 is 2.75 bits per heavy atom. The molecule has 16 heavy (non-hydrogen) atoms. The Labute approximate surface area is 93.5 Å². The molecular weight excluding hydrogens is 210 g/mol. The molecule has 0 aliphatic carbocycles. The van der Waals surface area contributed by atoms with E-state index in [4.69, 9.17) is 5.11 Å². The first kappa shape index (κ1) is 12.2. The number of hydrogen-bond acceptors (Lipinski definition) is 3. The van der Waals surface area contributed by atoms with Crippen LogP contribution in [0.15, 0.2) is 18.5 Å². The second kappa shape index (κ2) is 5.89. The molecule has 88 valence electrons. The van der Waals surface area contributed by atoms with Gasteiger partial charge in [0, 0.05) is 18.9 Å². The molecule has 0 bridgehead atoms. The summed E-state index contributed by atoms with van der Waals surface area (Å²) in [6.45, 7) is 2.18. The molecular formula is C10H15N3O3. The first-order chi connectivity index (χ1) is 7.63. The highest BCUT2D eigenvalue weighted by Gasteiger charge is 2.15. The van der Waals surface area contributed by atoms with Gasteiger partial charge in [-0.3, -0.25) is 14.3 Å². The zero-order valence-electron chi connectivity index (χ0n) is 9.17. The number of carbonyl (C=O) groups excluding carboxylic acids is 1. The maximum atomic E-state index is 11.7. The number of carboxylic acids is 1. The normalized spacial score (nSPS) is 10.1. The molecule has 1 heterocycles. The highest BCUT2D eigenvalue weighted by atomic mass is 16.4. The van der Waals surface area contributed by atoms with E-state index in [1.807, 2.05) is 6.92 Å². The molecule has 0 aromatic carbocycles. The van der Waals surface area contributed by atoms with E-state index in [0.717, 1.165) is 6.42 Å². The zero-order chi connectivity index (χ0) is 12.0. The molecule has 0 saturated carbocycles. The zero-order valence-corrected chi connectivity index (χ0v) is 9.17. The standard InChI is InChI=1S/C10H15N3O3/c1-2-5-12(8-10(15)16)9(14)7-13-6-3-4-11-13/h3-4,6H,2,5,7-8H2,1H3,(H,15,16). The maximum Gasteiger partial charge on any atom is 0.323 e. The average Bonchev–Trinajstić information content (AvgIpc) is 2.69. The lowest BCUT2D eigenvalue weighted by atomic mass is 10.3. The van der Waals surface area contributed by atoms with Gasteiger partial charge < -0.3 is 10.0 Å². The Balaban J connectivity index is 2.56. The van der Waals surface area contributed by atoms with E-state index in [1.165, 1.54) is 9.58 Å². The summed E-state index contributed by atoms with van der Waals surface area (Å²) in [5.41, 5.74) is 0. The van der Waals surface area contributed by atoms with E-state index in [2.05, 4.69) is 5.10 Å². The van der Waals surface area contributed by atoms with Crippen molar-refractivity contribution in [1.82, 2.24) is 14.7 Å². The highest BCUT2D eigenvalue weighted by molar-refractivity contribution is 5.81. The fourth-order valence-electron chi connectivity index (χ4n) is 1.36. The summed E-state index contributed by atoms with van der Waals surface area (Å²) < 4.78 is 1.48. The summed E-state index contributed by atoms with van der Waals surface area (Å²) in [4.78, 5) is 23.6. The third-order valence-electron chi connectivity index (χ3n) is 2.03. The molecule has 1 amide bonds. The van der Waals surface area contributed by atoms with Gasteiger partial charge in [-0.2, -0.15) is 5.10 Å². The molecule has 0 radical (unpaired) electrons. The SMILES string of the molecule is CCCN(CC(=O)O)C(=O)Cn1cccn1. The van der Waals surface area contributed by atoms with Gasteiger partial charge in [-0.05, 0) is 12.5 Å². The molecule has 0 spiro atoms. The molecule has 1 aromatic rings. The fourth-order valence-corrected chi connectivity index (χ4v) is 1.36. The predicted octanol–water partition coefficient (Wildman–Crippen LogP) is 0.206. The minimum absolute atomic E-state index is 0.0836. The number of carboxylic acid groups (broad SMARTS) is 1. The summed E-state index contributed by atoms with van der Waals surface area (Å²) in [6.07, 6.45) is 3.98. The van der Waals surface area contributed by atoms with Gasteiger partial charge in [0.15, 0.2) is 0 Å². The van der Waals surface area contributed by atoms with Gasteiger partial charge in [-0.15, -0.1) is 0 Å². The molecule has 0 saturated heterocycles. The molecule has 0 aliphatic rings. The van der Waals surface area contributed by atoms with Gasteiger partial charge in [0.25, 0.3) is 0 Å². The van der Waals surface area contributed by atoms with Crippen molar-refractivity contribution in [3.8, 4) is 0 Å². The highest BCUT2D eigenvalue weighted by Crippen LogP contribution is 1.96. The number of aliphatic carboxylic acids is 1. The summed E-state index contributed by atoms with van der Waals surface area (Å²) >= 11 is 0. The van der Waals surface area contributed by atoms with Gasteiger partial charge in [0.2, 0.25) is 5.91 Å².